The molecular formula is C24H20F3N5O2. The second-order valence-corrected chi connectivity index (χ2v) is 7.33. The monoisotopic (exact) mass is 467 g/mol. The van der Waals surface area contributed by atoms with Gasteiger partial charge >= 0.3 is 6.18 Å². The zero-order valence-corrected chi connectivity index (χ0v) is 18.0. The smallest absolute Gasteiger partial charge is 0.434 e. The molecule has 4 rings (SSSR count). The number of hydrogen-bond acceptors (Lipinski definition) is 5. The van der Waals surface area contributed by atoms with E-state index in [0.717, 1.165) is 17.3 Å². The Morgan fingerprint density at radius 3 is 2.09 bits per heavy atom. The Bertz CT molecular complexity index is 1200. The molecule has 2 aromatic heterocycles. The van der Waals surface area contributed by atoms with Crippen LogP contribution < -0.4 is 10.1 Å². The molecule has 0 atom stereocenters. The molecule has 0 bridgehead atoms. The van der Waals surface area contributed by atoms with Crippen molar-refractivity contribution in [2.45, 2.75) is 12.1 Å². The molecule has 0 aliphatic heterocycles. The number of methoxy groups -OCH3 is 1. The number of ether oxygens (including phenoxy) is 1. The van der Waals surface area contributed by atoms with E-state index in [9.17, 15) is 18.0 Å². The average Bonchev–Trinajstić information content (AvgIpc) is 3.32. The number of alkyl halides is 3. The number of halogens is 3. The highest BCUT2D eigenvalue weighted by atomic mass is 19.4. The highest BCUT2D eigenvalue weighted by Crippen LogP contribution is 2.33. The van der Waals surface area contributed by atoms with Crippen molar-refractivity contribution in [3.8, 4) is 11.7 Å². The summed E-state index contributed by atoms with van der Waals surface area (Å²) in [5.41, 5.74) is 0.00826. The van der Waals surface area contributed by atoms with E-state index < -0.39 is 23.3 Å². The quantitative estimate of drug-likeness (QED) is 0.440. The van der Waals surface area contributed by atoms with Crippen LogP contribution in [0.3, 0.4) is 0 Å². The Labute approximate surface area is 193 Å². The van der Waals surface area contributed by atoms with Gasteiger partial charge in [-0.25, -0.2) is 4.68 Å². The second kappa shape index (κ2) is 9.74. The van der Waals surface area contributed by atoms with E-state index in [2.05, 4.69) is 20.6 Å². The van der Waals surface area contributed by atoms with Crippen LogP contribution in [-0.2, 0) is 6.18 Å². The van der Waals surface area contributed by atoms with E-state index in [1.165, 1.54) is 19.2 Å². The van der Waals surface area contributed by atoms with Crippen molar-refractivity contribution in [3.63, 3.8) is 0 Å². The summed E-state index contributed by atoms with van der Waals surface area (Å²) in [7, 11) is 1.36. The first kappa shape index (κ1) is 23.0. The number of carbonyl (C=O) groups is 1. The van der Waals surface area contributed by atoms with Crippen LogP contribution in [0, 0.1) is 0 Å². The van der Waals surface area contributed by atoms with E-state index in [1.807, 2.05) is 60.7 Å². The van der Waals surface area contributed by atoms with E-state index in [-0.39, 0.29) is 24.2 Å². The Kier molecular flexibility index (Phi) is 6.58. The molecule has 0 radical (unpaired) electrons. The van der Waals surface area contributed by atoms with Gasteiger partial charge in [-0.3, -0.25) is 4.79 Å². The van der Waals surface area contributed by atoms with Gasteiger partial charge in [-0.15, -0.1) is 10.2 Å². The Morgan fingerprint density at radius 1 is 0.971 bits per heavy atom. The van der Waals surface area contributed by atoms with Crippen LogP contribution in [0.2, 0.25) is 0 Å². The lowest BCUT2D eigenvalue weighted by Gasteiger charge is -2.19. The molecule has 0 saturated carbocycles. The third kappa shape index (κ3) is 4.90. The number of rotatable bonds is 7. The summed E-state index contributed by atoms with van der Waals surface area (Å²) < 4.78 is 47.3. The zero-order valence-electron chi connectivity index (χ0n) is 18.0. The Morgan fingerprint density at radius 2 is 1.59 bits per heavy atom. The fourth-order valence-electron chi connectivity index (χ4n) is 3.58. The largest absolute Gasteiger partial charge is 0.480 e. The minimum absolute atomic E-state index is 0.0949. The maximum Gasteiger partial charge on any atom is 0.434 e. The second-order valence-electron chi connectivity index (χ2n) is 7.33. The third-order valence-electron chi connectivity index (χ3n) is 5.21. The molecule has 2 heterocycles. The molecule has 7 nitrogen and oxygen atoms in total. The van der Waals surface area contributed by atoms with Crippen molar-refractivity contribution in [1.29, 1.82) is 0 Å². The molecule has 34 heavy (non-hydrogen) atoms. The SMILES string of the molecule is COc1ccc(-n2ncc(C(=O)NCC(c3ccccc3)c3ccccc3)c2C(F)(F)F)nn1. The number of benzene rings is 2. The summed E-state index contributed by atoms with van der Waals surface area (Å²) in [6.45, 7) is 0.0949. The van der Waals surface area contributed by atoms with Crippen molar-refractivity contribution in [2.24, 2.45) is 0 Å². The van der Waals surface area contributed by atoms with E-state index in [0.29, 0.717) is 4.68 Å². The summed E-state index contributed by atoms with van der Waals surface area (Å²) >= 11 is 0. The van der Waals surface area contributed by atoms with Gasteiger partial charge in [0.05, 0.1) is 18.9 Å². The van der Waals surface area contributed by atoms with Crippen molar-refractivity contribution >= 4 is 5.91 Å². The van der Waals surface area contributed by atoms with Crippen LogP contribution in [0.15, 0.2) is 79.0 Å². The molecule has 1 N–H and O–H groups in total. The third-order valence-corrected chi connectivity index (χ3v) is 5.21. The van der Waals surface area contributed by atoms with Gasteiger partial charge in [0.15, 0.2) is 11.5 Å². The molecule has 0 spiro atoms. The van der Waals surface area contributed by atoms with Gasteiger partial charge in [0.2, 0.25) is 5.88 Å². The molecule has 1 amide bonds. The van der Waals surface area contributed by atoms with Crippen LogP contribution in [0.5, 0.6) is 5.88 Å². The van der Waals surface area contributed by atoms with Gasteiger partial charge in [-0.2, -0.15) is 18.3 Å². The normalized spacial score (nSPS) is 11.4. The Balaban J connectivity index is 1.63. The molecule has 0 unspecified atom stereocenters. The summed E-state index contributed by atoms with van der Waals surface area (Å²) in [4.78, 5) is 12.9. The molecule has 10 heteroatoms. The molecule has 174 valence electrons. The van der Waals surface area contributed by atoms with Gasteiger partial charge in [-0.05, 0) is 17.2 Å². The zero-order chi connectivity index (χ0) is 24.1. The number of nitrogens with one attached hydrogen (secondary N) is 1. The molecular weight excluding hydrogens is 447 g/mol. The van der Waals surface area contributed by atoms with E-state index >= 15 is 0 Å². The highest BCUT2D eigenvalue weighted by Gasteiger charge is 2.41. The summed E-state index contributed by atoms with van der Waals surface area (Å²) in [6.07, 6.45) is -3.98. The lowest BCUT2D eigenvalue weighted by molar-refractivity contribution is -0.143. The number of carbonyl (C=O) groups excluding carboxylic acids is 1. The lowest BCUT2D eigenvalue weighted by Crippen LogP contribution is -2.30. The van der Waals surface area contributed by atoms with Gasteiger partial charge < -0.3 is 10.1 Å². The minimum atomic E-state index is -4.86. The fraction of sp³-hybridized carbons (Fsp3) is 0.167. The molecule has 0 aliphatic rings. The highest BCUT2D eigenvalue weighted by molar-refractivity contribution is 5.95. The standard InChI is InChI=1S/C24H20F3N5O2/c1-34-21-13-12-20(30-31-21)32-22(24(25,26)27)19(15-29-32)23(33)28-14-18(16-8-4-2-5-9-16)17-10-6-3-7-11-17/h2-13,15,18H,14H2,1H3,(H,28,33). The van der Waals surface area contributed by atoms with Crippen molar-refractivity contribution in [3.05, 3.63) is 101 Å². The van der Waals surface area contributed by atoms with E-state index in [4.69, 9.17) is 4.74 Å². The van der Waals surface area contributed by atoms with E-state index in [1.54, 1.807) is 0 Å². The van der Waals surface area contributed by atoms with Crippen molar-refractivity contribution < 1.29 is 22.7 Å². The Hall–Kier alpha value is -4.21. The summed E-state index contributed by atoms with van der Waals surface area (Å²) in [5.74, 6) is -1.20. The number of aromatic nitrogens is 4. The fourth-order valence-corrected chi connectivity index (χ4v) is 3.58. The van der Waals surface area contributed by atoms with Gasteiger partial charge in [-0.1, -0.05) is 60.7 Å². The first-order valence-electron chi connectivity index (χ1n) is 10.3. The van der Waals surface area contributed by atoms with Crippen LogP contribution in [0.25, 0.3) is 5.82 Å². The molecule has 4 aromatic rings. The topological polar surface area (TPSA) is 81.9 Å². The average molecular weight is 467 g/mol. The predicted octanol–water partition coefficient (Wildman–Crippen LogP) is 4.25. The van der Waals surface area contributed by atoms with Crippen LogP contribution >= 0.6 is 0 Å². The first-order valence-corrected chi connectivity index (χ1v) is 10.3. The van der Waals surface area contributed by atoms with Crippen molar-refractivity contribution in [2.75, 3.05) is 13.7 Å². The lowest BCUT2D eigenvalue weighted by atomic mass is 9.91. The van der Waals surface area contributed by atoms with Crippen molar-refractivity contribution in [1.82, 2.24) is 25.3 Å². The number of amides is 1. The maximum absolute atomic E-state index is 13.9. The summed E-state index contributed by atoms with van der Waals surface area (Å²) in [5, 5.41) is 13.8. The summed E-state index contributed by atoms with van der Waals surface area (Å²) in [6, 6.07) is 21.5. The minimum Gasteiger partial charge on any atom is -0.480 e. The van der Waals surface area contributed by atoms with Crippen LogP contribution in [0.1, 0.15) is 33.1 Å². The van der Waals surface area contributed by atoms with Crippen LogP contribution in [-0.4, -0.2) is 39.5 Å². The molecule has 0 aliphatic carbocycles. The van der Waals surface area contributed by atoms with Gasteiger partial charge in [0.25, 0.3) is 5.91 Å². The molecule has 0 fully saturated rings. The first-order chi connectivity index (χ1) is 16.4. The van der Waals surface area contributed by atoms with Gasteiger partial charge in [0.1, 0.15) is 0 Å². The number of hydrogen-bond donors (Lipinski definition) is 1. The molecule has 0 saturated heterocycles. The predicted molar refractivity (Wildman–Crippen MR) is 118 cm³/mol. The molecule has 2 aromatic carbocycles. The number of nitrogens with zero attached hydrogens (tertiary/aromatic N) is 4. The van der Waals surface area contributed by atoms with Gasteiger partial charge in [0, 0.05) is 18.5 Å². The van der Waals surface area contributed by atoms with Crippen LogP contribution in [0.4, 0.5) is 13.2 Å². The maximum atomic E-state index is 13.9.